The maximum absolute atomic E-state index is 13.0. The number of benzene rings is 2. The van der Waals surface area contributed by atoms with Crippen LogP contribution in [0.25, 0.3) is 0 Å². The number of carbonyl (C=O) groups is 1. The lowest BCUT2D eigenvalue weighted by molar-refractivity contribution is 0.0269. The number of hydrogen-bond acceptors (Lipinski definition) is 2. The SMILES string of the molecule is CC1CN(C(=O)c2ccc(F)cc2)CC(C)N1Cc1ccccc1. The van der Waals surface area contributed by atoms with Gasteiger partial charge in [-0.25, -0.2) is 4.39 Å². The van der Waals surface area contributed by atoms with Gasteiger partial charge in [0.1, 0.15) is 5.82 Å². The number of rotatable bonds is 3. The molecule has 2 atom stereocenters. The lowest BCUT2D eigenvalue weighted by Gasteiger charge is -2.44. The third-order valence-corrected chi connectivity index (χ3v) is 4.69. The monoisotopic (exact) mass is 326 g/mol. The lowest BCUT2D eigenvalue weighted by Crippen LogP contribution is -2.57. The highest BCUT2D eigenvalue weighted by atomic mass is 19.1. The van der Waals surface area contributed by atoms with Crippen molar-refractivity contribution in [2.24, 2.45) is 0 Å². The summed E-state index contributed by atoms with van der Waals surface area (Å²) in [5, 5.41) is 0. The number of halogens is 1. The molecule has 2 unspecified atom stereocenters. The van der Waals surface area contributed by atoms with Crippen molar-refractivity contribution in [2.45, 2.75) is 32.5 Å². The van der Waals surface area contributed by atoms with Crippen molar-refractivity contribution >= 4 is 5.91 Å². The van der Waals surface area contributed by atoms with E-state index >= 15 is 0 Å². The van der Waals surface area contributed by atoms with E-state index in [1.165, 1.54) is 17.7 Å². The maximum atomic E-state index is 13.0. The topological polar surface area (TPSA) is 23.6 Å². The molecule has 1 saturated heterocycles. The fourth-order valence-corrected chi connectivity index (χ4v) is 3.40. The van der Waals surface area contributed by atoms with Crippen LogP contribution in [0.3, 0.4) is 0 Å². The van der Waals surface area contributed by atoms with Crippen LogP contribution in [0, 0.1) is 5.82 Å². The molecule has 1 amide bonds. The predicted octanol–water partition coefficient (Wildman–Crippen LogP) is 3.56. The Morgan fingerprint density at radius 3 is 2.17 bits per heavy atom. The van der Waals surface area contributed by atoms with Gasteiger partial charge < -0.3 is 4.90 Å². The molecule has 1 heterocycles. The first-order chi connectivity index (χ1) is 11.5. The highest BCUT2D eigenvalue weighted by molar-refractivity contribution is 5.94. The van der Waals surface area contributed by atoms with Crippen molar-refractivity contribution in [3.05, 3.63) is 71.5 Å². The molecule has 126 valence electrons. The zero-order chi connectivity index (χ0) is 17.1. The Bertz CT molecular complexity index is 675. The Morgan fingerprint density at radius 2 is 1.58 bits per heavy atom. The van der Waals surface area contributed by atoms with Gasteiger partial charge in [-0.05, 0) is 43.7 Å². The Morgan fingerprint density at radius 1 is 1.00 bits per heavy atom. The van der Waals surface area contributed by atoms with E-state index in [2.05, 4.69) is 43.0 Å². The second-order valence-electron chi connectivity index (χ2n) is 6.57. The molecule has 24 heavy (non-hydrogen) atoms. The molecule has 0 spiro atoms. The molecular formula is C20H23FN2O. The summed E-state index contributed by atoms with van der Waals surface area (Å²) >= 11 is 0. The third kappa shape index (κ3) is 3.65. The summed E-state index contributed by atoms with van der Waals surface area (Å²) in [6.07, 6.45) is 0. The minimum Gasteiger partial charge on any atom is -0.336 e. The van der Waals surface area contributed by atoms with Gasteiger partial charge in [0.15, 0.2) is 0 Å². The smallest absolute Gasteiger partial charge is 0.253 e. The molecule has 2 aromatic carbocycles. The zero-order valence-corrected chi connectivity index (χ0v) is 14.2. The van der Waals surface area contributed by atoms with Crippen molar-refractivity contribution in [1.29, 1.82) is 0 Å². The molecule has 0 aliphatic carbocycles. The van der Waals surface area contributed by atoms with Crippen molar-refractivity contribution < 1.29 is 9.18 Å². The minimum atomic E-state index is -0.319. The van der Waals surface area contributed by atoms with Gasteiger partial charge in [0.05, 0.1) is 0 Å². The molecule has 0 radical (unpaired) electrons. The third-order valence-electron chi connectivity index (χ3n) is 4.69. The van der Waals surface area contributed by atoms with Crippen LogP contribution in [0.5, 0.6) is 0 Å². The van der Waals surface area contributed by atoms with Crippen LogP contribution in [0.1, 0.15) is 29.8 Å². The van der Waals surface area contributed by atoms with E-state index in [0.717, 1.165) is 6.54 Å². The van der Waals surface area contributed by atoms with Gasteiger partial charge in [0.25, 0.3) is 5.91 Å². The highest BCUT2D eigenvalue weighted by Gasteiger charge is 2.32. The fraction of sp³-hybridized carbons (Fsp3) is 0.350. The molecule has 1 aliphatic rings. The molecule has 3 nitrogen and oxygen atoms in total. The van der Waals surface area contributed by atoms with Crippen LogP contribution in [-0.4, -0.2) is 40.9 Å². The molecule has 3 rings (SSSR count). The summed E-state index contributed by atoms with van der Waals surface area (Å²) in [6.45, 7) is 6.58. The minimum absolute atomic E-state index is 0.0203. The fourth-order valence-electron chi connectivity index (χ4n) is 3.40. The van der Waals surface area contributed by atoms with E-state index in [1.54, 1.807) is 12.1 Å². The van der Waals surface area contributed by atoms with E-state index in [0.29, 0.717) is 18.7 Å². The van der Waals surface area contributed by atoms with Gasteiger partial charge in [-0.1, -0.05) is 30.3 Å². The van der Waals surface area contributed by atoms with Crippen molar-refractivity contribution in [3.63, 3.8) is 0 Å². The van der Waals surface area contributed by atoms with Crippen LogP contribution < -0.4 is 0 Å². The molecular weight excluding hydrogens is 303 g/mol. The van der Waals surface area contributed by atoms with Crippen molar-refractivity contribution in [1.82, 2.24) is 9.80 Å². The van der Waals surface area contributed by atoms with E-state index in [4.69, 9.17) is 0 Å². The van der Waals surface area contributed by atoms with Crippen LogP contribution in [0.15, 0.2) is 54.6 Å². The Hall–Kier alpha value is -2.20. The van der Waals surface area contributed by atoms with Crippen LogP contribution >= 0.6 is 0 Å². The Balaban J connectivity index is 1.68. The lowest BCUT2D eigenvalue weighted by atomic mass is 10.0. The summed E-state index contributed by atoms with van der Waals surface area (Å²) in [5.74, 6) is -0.339. The number of carbonyl (C=O) groups excluding carboxylic acids is 1. The molecule has 0 saturated carbocycles. The average molecular weight is 326 g/mol. The molecule has 0 aromatic heterocycles. The number of hydrogen-bond donors (Lipinski definition) is 0. The van der Waals surface area contributed by atoms with Crippen molar-refractivity contribution in [2.75, 3.05) is 13.1 Å². The number of amides is 1. The largest absolute Gasteiger partial charge is 0.336 e. The Labute approximate surface area is 142 Å². The van der Waals surface area contributed by atoms with E-state index < -0.39 is 0 Å². The molecule has 4 heteroatoms. The van der Waals surface area contributed by atoms with Gasteiger partial charge >= 0.3 is 0 Å². The predicted molar refractivity (Wildman–Crippen MR) is 93.2 cm³/mol. The van der Waals surface area contributed by atoms with Gasteiger partial charge in [0.2, 0.25) is 0 Å². The quantitative estimate of drug-likeness (QED) is 0.861. The molecule has 1 aliphatic heterocycles. The van der Waals surface area contributed by atoms with Gasteiger partial charge in [-0.2, -0.15) is 0 Å². The first-order valence-corrected chi connectivity index (χ1v) is 8.39. The maximum Gasteiger partial charge on any atom is 0.253 e. The van der Waals surface area contributed by atoms with Gasteiger partial charge in [-0.15, -0.1) is 0 Å². The summed E-state index contributed by atoms with van der Waals surface area (Å²) in [7, 11) is 0. The Kier molecular flexibility index (Phi) is 4.95. The first-order valence-electron chi connectivity index (χ1n) is 8.39. The van der Waals surface area contributed by atoms with Gasteiger partial charge in [0, 0.05) is 37.3 Å². The van der Waals surface area contributed by atoms with E-state index in [1.807, 2.05) is 11.0 Å². The summed E-state index contributed by atoms with van der Waals surface area (Å²) in [6, 6.07) is 16.7. The average Bonchev–Trinajstić information content (AvgIpc) is 2.59. The summed E-state index contributed by atoms with van der Waals surface area (Å²) in [5.41, 5.74) is 1.84. The molecule has 2 aromatic rings. The van der Waals surface area contributed by atoms with Crippen LogP contribution in [0.2, 0.25) is 0 Å². The second kappa shape index (κ2) is 7.14. The summed E-state index contributed by atoms with van der Waals surface area (Å²) < 4.78 is 13.0. The summed E-state index contributed by atoms with van der Waals surface area (Å²) in [4.78, 5) is 17.0. The van der Waals surface area contributed by atoms with Crippen molar-refractivity contribution in [3.8, 4) is 0 Å². The van der Waals surface area contributed by atoms with E-state index in [9.17, 15) is 9.18 Å². The first kappa shape index (κ1) is 16.7. The second-order valence-corrected chi connectivity index (χ2v) is 6.57. The molecule has 1 fully saturated rings. The highest BCUT2D eigenvalue weighted by Crippen LogP contribution is 2.20. The van der Waals surface area contributed by atoms with E-state index in [-0.39, 0.29) is 23.8 Å². The van der Waals surface area contributed by atoms with Gasteiger partial charge in [-0.3, -0.25) is 9.69 Å². The standard InChI is InChI=1S/C20H23FN2O/c1-15-12-22(20(24)18-8-10-19(21)11-9-18)13-16(2)23(15)14-17-6-4-3-5-7-17/h3-11,15-16H,12-14H2,1-2H3. The normalized spacial score (nSPS) is 21.7. The number of nitrogens with zero attached hydrogens (tertiary/aromatic N) is 2. The zero-order valence-electron chi connectivity index (χ0n) is 14.2. The molecule has 0 N–H and O–H groups in total. The van der Waals surface area contributed by atoms with Crippen LogP contribution in [-0.2, 0) is 6.54 Å². The molecule has 0 bridgehead atoms. The van der Waals surface area contributed by atoms with Crippen LogP contribution in [0.4, 0.5) is 4.39 Å². The number of piperazine rings is 1.